The zero-order chi connectivity index (χ0) is 35.2. The van der Waals surface area contributed by atoms with Gasteiger partial charge in [-0.3, -0.25) is 14.4 Å². The highest BCUT2D eigenvalue weighted by molar-refractivity contribution is 5.76. The van der Waals surface area contributed by atoms with Gasteiger partial charge in [-0.05, 0) is 117 Å². The van der Waals surface area contributed by atoms with Gasteiger partial charge in [-0.15, -0.1) is 5.06 Å². The van der Waals surface area contributed by atoms with E-state index in [9.17, 15) is 30.0 Å². The minimum Gasteiger partial charge on any atom is -0.481 e. The van der Waals surface area contributed by atoms with Crippen LogP contribution in [0.5, 0.6) is 0 Å². The zero-order valence-corrected chi connectivity index (χ0v) is 30.2. The quantitative estimate of drug-likeness (QED) is 0.166. The number of allylic oxidation sites excluding steroid dienone is 1. The molecule has 272 valence electrons. The lowest BCUT2D eigenvalue weighted by Crippen LogP contribution is -2.67. The molecule has 48 heavy (non-hydrogen) atoms. The lowest BCUT2D eigenvalue weighted by Gasteiger charge is -2.72. The van der Waals surface area contributed by atoms with Crippen LogP contribution in [-0.4, -0.2) is 88.3 Å². The van der Waals surface area contributed by atoms with E-state index in [1.165, 1.54) is 12.2 Å². The second-order valence-corrected chi connectivity index (χ2v) is 18.0. The number of rotatable bonds is 7. The molecular formula is C38H61NO9. The average molecular weight is 676 g/mol. The number of hydroxylamine groups is 2. The molecule has 5 aliphatic carbocycles. The number of carboxylic acid groups (broad SMARTS) is 1. The van der Waals surface area contributed by atoms with Gasteiger partial charge in [-0.1, -0.05) is 46.8 Å². The van der Waals surface area contributed by atoms with Crippen molar-refractivity contribution in [2.45, 2.75) is 136 Å². The van der Waals surface area contributed by atoms with Crippen molar-refractivity contribution in [3.8, 4) is 0 Å². The first-order valence-corrected chi connectivity index (χ1v) is 18.4. The molecule has 0 aromatic carbocycles. The van der Waals surface area contributed by atoms with Gasteiger partial charge in [-0.25, -0.2) is 0 Å². The van der Waals surface area contributed by atoms with Gasteiger partial charge in [0.2, 0.25) is 0 Å². The highest BCUT2D eigenvalue weighted by Crippen LogP contribution is 2.77. The van der Waals surface area contributed by atoms with Gasteiger partial charge in [0.05, 0.1) is 19.1 Å². The third-order valence-corrected chi connectivity index (χ3v) is 16.0. The lowest BCUT2D eigenvalue weighted by molar-refractivity contribution is -0.305. The first kappa shape index (κ1) is 36.2. The standard InChI is InChI=1S/C38H61NO9/c1-21(2)22-11-16-38(33(44)45)18-17-36(6)23(29(22)38)9-10-26-35(5)14-13-27(34(3,4)25(35)12-15-37(26,36)7)48-28(41)19-39(46-8)32-31(43)30(42)24(40)20-47-32/h22-27,29-32,40,42-43H,1,9-20H2,2-8H3,(H,44,45)/t22-,23+,24-,25-,26+,27-,29+,30+,31+,32-,35-,36+,37+,38-/m0/s1. The molecule has 6 rings (SSSR count). The number of hydrogen-bond acceptors (Lipinski definition) is 9. The molecule has 1 aliphatic heterocycles. The molecule has 0 amide bonds. The molecule has 0 radical (unpaired) electrons. The van der Waals surface area contributed by atoms with Gasteiger partial charge in [0, 0.05) is 5.41 Å². The number of carbonyl (C=O) groups excluding carboxylic acids is 1. The van der Waals surface area contributed by atoms with E-state index in [2.05, 4.69) is 48.1 Å². The number of esters is 1. The van der Waals surface area contributed by atoms with Crippen LogP contribution in [0.1, 0.15) is 106 Å². The van der Waals surface area contributed by atoms with E-state index in [4.69, 9.17) is 14.3 Å². The van der Waals surface area contributed by atoms with Crippen LogP contribution in [0.15, 0.2) is 12.2 Å². The molecular weight excluding hydrogens is 614 g/mol. The van der Waals surface area contributed by atoms with Crippen LogP contribution in [0.2, 0.25) is 0 Å². The van der Waals surface area contributed by atoms with Crippen molar-refractivity contribution in [3.05, 3.63) is 12.2 Å². The molecule has 0 spiro atoms. The maximum absolute atomic E-state index is 13.4. The van der Waals surface area contributed by atoms with E-state index in [1.807, 2.05) is 0 Å². The Bertz CT molecular complexity index is 1290. The van der Waals surface area contributed by atoms with Crippen molar-refractivity contribution >= 4 is 11.9 Å². The molecule has 5 saturated carbocycles. The molecule has 10 nitrogen and oxygen atoms in total. The van der Waals surface area contributed by atoms with Crippen LogP contribution in [0.4, 0.5) is 0 Å². The van der Waals surface area contributed by atoms with Crippen LogP contribution in [-0.2, 0) is 23.9 Å². The minimum absolute atomic E-state index is 0.0536. The Morgan fingerprint density at radius 3 is 2.23 bits per heavy atom. The fraction of sp³-hybridized carbons (Fsp3) is 0.895. The van der Waals surface area contributed by atoms with E-state index in [0.717, 1.165) is 69.8 Å². The summed E-state index contributed by atoms with van der Waals surface area (Å²) in [5.74, 6) is 0.572. The molecule has 0 aromatic heterocycles. The predicted octanol–water partition coefficient (Wildman–Crippen LogP) is 4.94. The molecule has 0 bridgehead atoms. The van der Waals surface area contributed by atoms with Gasteiger partial charge in [0.25, 0.3) is 0 Å². The largest absolute Gasteiger partial charge is 0.481 e. The van der Waals surface area contributed by atoms with Gasteiger partial charge in [0.15, 0.2) is 6.23 Å². The van der Waals surface area contributed by atoms with Crippen molar-refractivity contribution in [2.24, 2.45) is 56.7 Å². The van der Waals surface area contributed by atoms with E-state index in [0.29, 0.717) is 17.8 Å². The van der Waals surface area contributed by atoms with E-state index in [-0.39, 0.29) is 52.8 Å². The molecule has 1 saturated heterocycles. The Morgan fingerprint density at radius 1 is 0.875 bits per heavy atom. The summed E-state index contributed by atoms with van der Waals surface area (Å²) in [5, 5.41) is 42.3. The van der Waals surface area contributed by atoms with Crippen LogP contribution in [0.25, 0.3) is 0 Å². The maximum atomic E-state index is 13.4. The Kier molecular flexibility index (Phi) is 9.28. The number of fused-ring (bicyclic) bond motifs is 7. The number of aliphatic hydroxyl groups is 3. The summed E-state index contributed by atoms with van der Waals surface area (Å²) >= 11 is 0. The number of ether oxygens (including phenoxy) is 2. The second kappa shape index (κ2) is 12.3. The topological polar surface area (TPSA) is 146 Å². The molecule has 0 unspecified atom stereocenters. The SMILES string of the molecule is C=C(C)[C@@H]1CC[C@]2(C(=O)O)CC[C@]3(C)[C@H](CC[C@@H]4[C@@]5(C)CC[C@H](OC(=O)CN(OC)[C@H]6OC[C@H](O)[C@@H](O)[C@H]6O)C(C)(C)[C@@H]5CC[C@]43C)[C@@H]12. The van der Waals surface area contributed by atoms with E-state index < -0.39 is 41.9 Å². The van der Waals surface area contributed by atoms with Gasteiger partial charge in [0.1, 0.15) is 31.0 Å². The molecule has 14 atom stereocenters. The van der Waals surface area contributed by atoms with Crippen LogP contribution in [0.3, 0.4) is 0 Å². The number of aliphatic carboxylic acids is 1. The molecule has 6 aliphatic rings. The summed E-state index contributed by atoms with van der Waals surface area (Å²) in [6.45, 7) is 18.0. The predicted molar refractivity (Wildman–Crippen MR) is 178 cm³/mol. The van der Waals surface area contributed by atoms with Crippen molar-refractivity contribution in [1.29, 1.82) is 0 Å². The lowest BCUT2D eigenvalue weighted by atomic mass is 9.32. The number of hydrogen-bond donors (Lipinski definition) is 4. The Labute approximate surface area is 286 Å². The third-order valence-electron chi connectivity index (χ3n) is 16.0. The molecule has 0 aromatic rings. The molecule has 6 fully saturated rings. The molecule has 10 heteroatoms. The third kappa shape index (κ3) is 5.08. The summed E-state index contributed by atoms with van der Waals surface area (Å²) in [6, 6.07) is 0. The van der Waals surface area contributed by atoms with E-state index in [1.54, 1.807) is 0 Å². The Morgan fingerprint density at radius 2 is 1.58 bits per heavy atom. The number of carboxylic acids is 1. The summed E-state index contributed by atoms with van der Waals surface area (Å²) in [5.41, 5.74) is 0.458. The van der Waals surface area contributed by atoms with Gasteiger partial charge < -0.3 is 29.9 Å². The number of carbonyl (C=O) groups is 2. The highest BCUT2D eigenvalue weighted by atomic mass is 16.7. The van der Waals surface area contributed by atoms with Crippen molar-refractivity contribution in [1.82, 2.24) is 5.06 Å². The van der Waals surface area contributed by atoms with Gasteiger partial charge >= 0.3 is 11.9 Å². The maximum Gasteiger partial charge on any atom is 0.323 e. The first-order valence-electron chi connectivity index (χ1n) is 18.4. The summed E-state index contributed by atoms with van der Waals surface area (Å²) in [4.78, 5) is 31.7. The summed E-state index contributed by atoms with van der Waals surface area (Å²) < 4.78 is 11.7. The monoisotopic (exact) mass is 675 g/mol. The molecule has 4 N–H and O–H groups in total. The number of nitrogens with zero attached hydrogens (tertiary/aromatic N) is 1. The van der Waals surface area contributed by atoms with Crippen molar-refractivity contribution in [3.63, 3.8) is 0 Å². The van der Waals surface area contributed by atoms with Crippen molar-refractivity contribution < 1.29 is 44.3 Å². The fourth-order valence-corrected chi connectivity index (χ4v) is 13.3. The summed E-state index contributed by atoms with van der Waals surface area (Å²) in [7, 11) is 1.37. The van der Waals surface area contributed by atoms with Crippen LogP contribution >= 0.6 is 0 Å². The Hall–Kier alpha value is -1.56. The zero-order valence-electron chi connectivity index (χ0n) is 30.2. The van der Waals surface area contributed by atoms with E-state index >= 15 is 0 Å². The second-order valence-electron chi connectivity index (χ2n) is 18.0. The first-order chi connectivity index (χ1) is 22.4. The van der Waals surface area contributed by atoms with Crippen LogP contribution in [0, 0.1) is 56.7 Å². The van der Waals surface area contributed by atoms with Crippen molar-refractivity contribution in [2.75, 3.05) is 20.3 Å². The summed E-state index contributed by atoms with van der Waals surface area (Å²) in [6.07, 6.45) is 3.94. The average Bonchev–Trinajstić information content (AvgIpc) is 3.42. The normalized spacial score (nSPS) is 49.6. The number of aliphatic hydroxyl groups excluding tert-OH is 3. The fourth-order valence-electron chi connectivity index (χ4n) is 13.3. The minimum atomic E-state index is -1.45. The van der Waals surface area contributed by atoms with Crippen LogP contribution < -0.4 is 0 Å². The van der Waals surface area contributed by atoms with Gasteiger partial charge in [-0.2, -0.15) is 0 Å². The molecule has 1 heterocycles. The highest BCUT2D eigenvalue weighted by Gasteiger charge is 2.72. The Balaban J connectivity index is 1.20. The smallest absolute Gasteiger partial charge is 0.323 e.